The Kier molecular flexibility index (Phi) is 6.41. The van der Waals surface area contributed by atoms with Crippen LogP contribution in [-0.4, -0.2) is 61.1 Å². The summed E-state index contributed by atoms with van der Waals surface area (Å²) in [6.45, 7) is 2.59. The van der Waals surface area contributed by atoms with E-state index >= 15 is 0 Å². The van der Waals surface area contributed by atoms with Crippen molar-refractivity contribution in [3.63, 3.8) is 0 Å². The van der Waals surface area contributed by atoms with Crippen LogP contribution in [0, 0.1) is 12.7 Å². The highest BCUT2D eigenvalue weighted by atomic mass is 32.2. The SMILES string of the molecule is Cc1cc(F)cc(CN2[C@@H]3CN(C(=O)CCc4ccccc4)C[C@@H]3OCCS2(=O)=O)c1. The zero-order chi connectivity index (χ0) is 22.0. The number of ether oxygens (including phenoxy) is 1. The van der Waals surface area contributed by atoms with Crippen LogP contribution in [0.1, 0.15) is 23.1 Å². The average molecular weight is 447 g/mol. The van der Waals surface area contributed by atoms with Gasteiger partial charge in [-0.1, -0.05) is 36.4 Å². The van der Waals surface area contributed by atoms with Gasteiger partial charge in [0.05, 0.1) is 24.5 Å². The molecule has 166 valence electrons. The van der Waals surface area contributed by atoms with Crippen molar-refractivity contribution in [1.82, 2.24) is 9.21 Å². The minimum atomic E-state index is -3.59. The number of aryl methyl sites for hydroxylation is 2. The van der Waals surface area contributed by atoms with E-state index in [1.807, 2.05) is 30.3 Å². The number of likely N-dealkylation sites (tertiary alicyclic amines) is 1. The molecule has 0 spiro atoms. The van der Waals surface area contributed by atoms with E-state index in [0.29, 0.717) is 24.9 Å². The molecule has 2 heterocycles. The van der Waals surface area contributed by atoms with Crippen molar-refractivity contribution in [1.29, 1.82) is 0 Å². The van der Waals surface area contributed by atoms with E-state index in [9.17, 15) is 17.6 Å². The van der Waals surface area contributed by atoms with Gasteiger partial charge < -0.3 is 9.64 Å². The molecule has 2 saturated heterocycles. The first-order chi connectivity index (χ1) is 14.8. The summed E-state index contributed by atoms with van der Waals surface area (Å²) in [6, 6.07) is 13.9. The lowest BCUT2D eigenvalue weighted by molar-refractivity contribution is -0.130. The summed E-state index contributed by atoms with van der Waals surface area (Å²) in [5, 5.41) is 0. The number of carbonyl (C=O) groups is 1. The molecule has 2 fully saturated rings. The van der Waals surface area contributed by atoms with Gasteiger partial charge in [-0.25, -0.2) is 12.8 Å². The molecule has 0 aliphatic carbocycles. The maximum Gasteiger partial charge on any atom is 0.223 e. The molecule has 6 nitrogen and oxygen atoms in total. The summed E-state index contributed by atoms with van der Waals surface area (Å²) in [5.74, 6) is -0.519. The summed E-state index contributed by atoms with van der Waals surface area (Å²) in [7, 11) is -3.59. The lowest BCUT2D eigenvalue weighted by Gasteiger charge is -2.28. The molecule has 0 N–H and O–H groups in total. The highest BCUT2D eigenvalue weighted by Gasteiger charge is 2.45. The molecule has 0 saturated carbocycles. The maximum atomic E-state index is 13.9. The molecule has 0 aromatic heterocycles. The standard InChI is InChI=1S/C23H27FN2O4S/c1-17-11-19(13-20(24)12-17)14-26-21-15-25(16-22(21)30-9-10-31(26,28)29)23(27)8-7-18-5-3-2-4-6-18/h2-6,11-13,21-22H,7-10,14-16H2,1H3/t21-,22+/m1/s1. The first-order valence-corrected chi connectivity index (χ1v) is 12.1. The molecule has 31 heavy (non-hydrogen) atoms. The Hall–Kier alpha value is -2.29. The number of halogens is 1. The molecule has 2 aromatic carbocycles. The van der Waals surface area contributed by atoms with Gasteiger partial charge in [0, 0.05) is 26.1 Å². The van der Waals surface area contributed by atoms with Gasteiger partial charge in [0.15, 0.2) is 0 Å². The summed E-state index contributed by atoms with van der Waals surface area (Å²) >= 11 is 0. The van der Waals surface area contributed by atoms with E-state index < -0.39 is 16.1 Å². The molecule has 0 radical (unpaired) electrons. The van der Waals surface area contributed by atoms with Gasteiger partial charge in [-0.3, -0.25) is 4.79 Å². The van der Waals surface area contributed by atoms with Crippen LogP contribution in [0.3, 0.4) is 0 Å². The minimum Gasteiger partial charge on any atom is -0.374 e. The largest absolute Gasteiger partial charge is 0.374 e. The van der Waals surface area contributed by atoms with E-state index in [2.05, 4.69) is 0 Å². The van der Waals surface area contributed by atoms with Crippen LogP contribution in [0.4, 0.5) is 4.39 Å². The number of benzene rings is 2. The second-order valence-corrected chi connectivity index (χ2v) is 10.3. The summed E-state index contributed by atoms with van der Waals surface area (Å²) in [5.41, 5.74) is 2.42. The fourth-order valence-corrected chi connectivity index (χ4v) is 5.88. The summed E-state index contributed by atoms with van der Waals surface area (Å²) < 4.78 is 47.0. The molecule has 1 amide bonds. The lowest BCUT2D eigenvalue weighted by atomic mass is 10.1. The second-order valence-electron chi connectivity index (χ2n) is 8.26. The van der Waals surface area contributed by atoms with Gasteiger partial charge in [0.25, 0.3) is 0 Å². The van der Waals surface area contributed by atoms with Gasteiger partial charge in [-0.15, -0.1) is 0 Å². The van der Waals surface area contributed by atoms with Gasteiger partial charge in [0.1, 0.15) is 5.82 Å². The number of sulfonamides is 1. The van der Waals surface area contributed by atoms with Crippen molar-refractivity contribution in [3.05, 3.63) is 71.0 Å². The number of amides is 1. The summed E-state index contributed by atoms with van der Waals surface area (Å²) in [4.78, 5) is 14.5. The van der Waals surface area contributed by atoms with Crippen molar-refractivity contribution < 1.29 is 22.3 Å². The molecule has 2 aromatic rings. The van der Waals surface area contributed by atoms with Gasteiger partial charge >= 0.3 is 0 Å². The van der Waals surface area contributed by atoms with E-state index in [-0.39, 0.29) is 43.3 Å². The lowest BCUT2D eigenvalue weighted by Crippen LogP contribution is -2.45. The van der Waals surface area contributed by atoms with Crippen LogP contribution in [0.2, 0.25) is 0 Å². The third-order valence-electron chi connectivity index (χ3n) is 5.90. The Morgan fingerprint density at radius 2 is 1.90 bits per heavy atom. The Morgan fingerprint density at radius 1 is 1.13 bits per heavy atom. The predicted octanol–water partition coefficient (Wildman–Crippen LogP) is 2.51. The zero-order valence-electron chi connectivity index (χ0n) is 17.5. The van der Waals surface area contributed by atoms with E-state index in [1.165, 1.54) is 16.4 Å². The Bertz CT molecular complexity index is 1020. The van der Waals surface area contributed by atoms with Gasteiger partial charge in [0.2, 0.25) is 15.9 Å². The normalized spacial score (nSPS) is 23.4. The van der Waals surface area contributed by atoms with Crippen LogP contribution in [0.5, 0.6) is 0 Å². The van der Waals surface area contributed by atoms with Crippen LogP contribution in [-0.2, 0) is 32.5 Å². The fraction of sp³-hybridized carbons (Fsp3) is 0.435. The molecule has 4 rings (SSSR count). The molecular formula is C23H27FN2O4S. The van der Waals surface area contributed by atoms with Gasteiger partial charge in [-0.05, 0) is 42.2 Å². The summed E-state index contributed by atoms with van der Waals surface area (Å²) in [6.07, 6.45) is 0.614. The van der Waals surface area contributed by atoms with E-state index in [0.717, 1.165) is 11.1 Å². The number of hydrogen-bond donors (Lipinski definition) is 0. The monoisotopic (exact) mass is 446 g/mol. The zero-order valence-corrected chi connectivity index (χ0v) is 18.4. The van der Waals surface area contributed by atoms with Gasteiger partial charge in [-0.2, -0.15) is 4.31 Å². The first-order valence-electron chi connectivity index (χ1n) is 10.5. The smallest absolute Gasteiger partial charge is 0.223 e. The van der Waals surface area contributed by atoms with Crippen molar-refractivity contribution in [2.75, 3.05) is 25.4 Å². The molecule has 2 atom stereocenters. The number of carbonyl (C=O) groups excluding carboxylic acids is 1. The maximum absolute atomic E-state index is 13.9. The molecular weight excluding hydrogens is 419 g/mol. The molecule has 2 aliphatic heterocycles. The minimum absolute atomic E-state index is 0.0144. The highest BCUT2D eigenvalue weighted by molar-refractivity contribution is 7.89. The highest BCUT2D eigenvalue weighted by Crippen LogP contribution is 2.28. The van der Waals surface area contributed by atoms with Crippen molar-refractivity contribution >= 4 is 15.9 Å². The Morgan fingerprint density at radius 3 is 2.65 bits per heavy atom. The first kappa shape index (κ1) is 21.9. The third-order valence-corrected chi connectivity index (χ3v) is 7.70. The van der Waals surface area contributed by atoms with Crippen LogP contribution >= 0.6 is 0 Å². The molecule has 8 heteroatoms. The predicted molar refractivity (Wildman–Crippen MR) is 115 cm³/mol. The number of fused-ring (bicyclic) bond motifs is 1. The second kappa shape index (κ2) is 9.06. The number of hydrogen-bond acceptors (Lipinski definition) is 4. The average Bonchev–Trinajstić information content (AvgIpc) is 3.09. The van der Waals surface area contributed by atoms with Crippen LogP contribution in [0.15, 0.2) is 48.5 Å². The van der Waals surface area contributed by atoms with Crippen molar-refractivity contribution in [2.45, 2.75) is 38.5 Å². The van der Waals surface area contributed by atoms with Crippen molar-refractivity contribution in [2.24, 2.45) is 0 Å². The van der Waals surface area contributed by atoms with Crippen molar-refractivity contribution in [3.8, 4) is 0 Å². The topological polar surface area (TPSA) is 66.9 Å². The Balaban J connectivity index is 1.50. The molecule has 2 aliphatic rings. The third kappa shape index (κ3) is 5.14. The number of rotatable bonds is 5. The fourth-order valence-electron chi connectivity index (χ4n) is 4.38. The number of nitrogens with zero attached hydrogens (tertiary/aromatic N) is 2. The van der Waals surface area contributed by atoms with E-state index in [1.54, 1.807) is 17.9 Å². The van der Waals surface area contributed by atoms with Crippen LogP contribution < -0.4 is 0 Å². The van der Waals surface area contributed by atoms with Crippen LogP contribution in [0.25, 0.3) is 0 Å². The molecule has 0 bridgehead atoms. The Labute approximate surface area is 182 Å². The van der Waals surface area contributed by atoms with E-state index in [4.69, 9.17) is 4.74 Å². The molecule has 0 unspecified atom stereocenters. The quantitative estimate of drug-likeness (QED) is 0.708.